The van der Waals surface area contributed by atoms with Crippen LogP contribution in [0, 0.1) is 17.0 Å². The van der Waals surface area contributed by atoms with Gasteiger partial charge in [-0.2, -0.15) is 0 Å². The molecule has 0 aliphatic heterocycles. The molecule has 2 aromatic rings. The van der Waals surface area contributed by atoms with Gasteiger partial charge in [0.15, 0.2) is 0 Å². The number of nitrogens with zero attached hydrogens (tertiary/aromatic N) is 2. The average Bonchev–Trinajstić information content (AvgIpc) is 2.71. The third-order valence-electron chi connectivity index (χ3n) is 5.54. The quantitative estimate of drug-likeness (QED) is 0.493. The molecule has 1 unspecified atom stereocenters. The van der Waals surface area contributed by atoms with Crippen molar-refractivity contribution in [2.24, 2.45) is 0 Å². The highest BCUT2D eigenvalue weighted by atomic mass is 32.2. The molecule has 0 spiro atoms. The number of carbonyl (C=O) groups excluding carboxylic acids is 1. The largest absolute Gasteiger partial charge is 0.349 e. The lowest BCUT2D eigenvalue weighted by molar-refractivity contribution is -0.384. The fourth-order valence-corrected chi connectivity index (χ4v) is 5.01. The van der Waals surface area contributed by atoms with E-state index in [9.17, 15) is 23.3 Å². The highest BCUT2D eigenvalue weighted by molar-refractivity contribution is 7.92. The molecule has 0 fully saturated rings. The number of carbonyl (C=O) groups is 1. The minimum absolute atomic E-state index is 0.0255. The molecule has 8 nitrogen and oxygen atoms in total. The van der Waals surface area contributed by atoms with E-state index in [0.29, 0.717) is 12.0 Å². The van der Waals surface area contributed by atoms with Gasteiger partial charge in [0.25, 0.3) is 5.69 Å². The maximum absolute atomic E-state index is 12.5. The summed E-state index contributed by atoms with van der Waals surface area (Å²) in [6, 6.07) is 12.2. The van der Waals surface area contributed by atoms with Crippen LogP contribution in [0.25, 0.3) is 0 Å². The maximum Gasteiger partial charge on any atom is 0.271 e. The molecule has 3 rings (SSSR count). The third-order valence-corrected chi connectivity index (χ3v) is 6.72. The van der Waals surface area contributed by atoms with E-state index in [2.05, 4.69) is 11.4 Å². The Labute approximate surface area is 182 Å². The molecule has 9 heteroatoms. The molecule has 2 aromatic carbocycles. The van der Waals surface area contributed by atoms with Crippen LogP contribution in [0.4, 0.5) is 11.4 Å². The number of hydrogen-bond acceptors (Lipinski definition) is 5. The van der Waals surface area contributed by atoms with E-state index in [0.717, 1.165) is 35.4 Å². The van der Waals surface area contributed by atoms with Crippen molar-refractivity contribution in [1.82, 2.24) is 5.32 Å². The Balaban J connectivity index is 1.66. The van der Waals surface area contributed by atoms with Gasteiger partial charge in [0, 0.05) is 25.1 Å². The van der Waals surface area contributed by atoms with E-state index in [1.54, 1.807) is 6.92 Å². The number of nitro benzene ring substituents is 1. The molecule has 0 radical (unpaired) electrons. The first-order valence-corrected chi connectivity index (χ1v) is 12.1. The summed E-state index contributed by atoms with van der Waals surface area (Å²) in [5, 5.41) is 14.2. The first kappa shape index (κ1) is 22.7. The zero-order valence-electron chi connectivity index (χ0n) is 17.7. The van der Waals surface area contributed by atoms with E-state index in [1.165, 1.54) is 23.8 Å². The molecule has 1 amide bonds. The highest BCUT2D eigenvalue weighted by Gasteiger charge is 2.24. The summed E-state index contributed by atoms with van der Waals surface area (Å²) < 4.78 is 25.8. The summed E-state index contributed by atoms with van der Waals surface area (Å²) in [4.78, 5) is 23.1. The third kappa shape index (κ3) is 5.61. The minimum atomic E-state index is -3.67. The second kappa shape index (κ2) is 9.47. The van der Waals surface area contributed by atoms with Gasteiger partial charge in [-0.1, -0.05) is 30.3 Å². The Morgan fingerprint density at radius 3 is 2.71 bits per heavy atom. The number of sulfonamides is 1. The smallest absolute Gasteiger partial charge is 0.271 e. The normalized spacial score (nSPS) is 15.7. The van der Waals surface area contributed by atoms with Crippen LogP contribution in [0.3, 0.4) is 0 Å². The van der Waals surface area contributed by atoms with Gasteiger partial charge < -0.3 is 5.32 Å². The van der Waals surface area contributed by atoms with Crippen molar-refractivity contribution >= 4 is 27.3 Å². The van der Waals surface area contributed by atoms with Crippen LogP contribution in [0.15, 0.2) is 42.5 Å². The van der Waals surface area contributed by atoms with E-state index in [-0.39, 0.29) is 36.3 Å². The van der Waals surface area contributed by atoms with E-state index in [4.69, 9.17) is 0 Å². The van der Waals surface area contributed by atoms with Crippen molar-refractivity contribution in [2.75, 3.05) is 17.1 Å². The molecular formula is C22H27N3O5S. The van der Waals surface area contributed by atoms with Gasteiger partial charge in [0.2, 0.25) is 15.9 Å². The van der Waals surface area contributed by atoms with Gasteiger partial charge >= 0.3 is 0 Å². The van der Waals surface area contributed by atoms with Crippen molar-refractivity contribution in [3.63, 3.8) is 0 Å². The zero-order valence-corrected chi connectivity index (χ0v) is 18.5. The molecule has 1 aliphatic rings. The summed E-state index contributed by atoms with van der Waals surface area (Å²) in [5.74, 6) is -0.133. The molecule has 1 N–H and O–H groups in total. The summed E-state index contributed by atoms with van der Waals surface area (Å²) in [6.07, 6.45) is 4.42. The lowest BCUT2D eigenvalue weighted by Crippen LogP contribution is -2.34. The second-order valence-electron chi connectivity index (χ2n) is 7.88. The molecule has 0 aromatic heterocycles. The molecule has 0 bridgehead atoms. The molecule has 31 heavy (non-hydrogen) atoms. The number of aryl methyl sites for hydroxylation is 2. The van der Waals surface area contributed by atoms with Gasteiger partial charge in [-0.25, -0.2) is 8.42 Å². The van der Waals surface area contributed by atoms with Crippen LogP contribution >= 0.6 is 0 Å². The molecule has 1 atom stereocenters. The number of anilines is 1. The number of non-ortho nitro benzene ring substituents is 1. The van der Waals surface area contributed by atoms with Gasteiger partial charge in [-0.3, -0.25) is 19.2 Å². The predicted molar refractivity (Wildman–Crippen MR) is 120 cm³/mol. The monoisotopic (exact) mass is 445 g/mol. The Bertz CT molecular complexity index is 1080. The maximum atomic E-state index is 12.5. The summed E-state index contributed by atoms with van der Waals surface area (Å²) in [7, 11) is -3.67. The Morgan fingerprint density at radius 2 is 2.00 bits per heavy atom. The van der Waals surface area contributed by atoms with Gasteiger partial charge in [-0.05, 0) is 49.3 Å². The lowest BCUT2D eigenvalue weighted by Gasteiger charge is -2.27. The van der Waals surface area contributed by atoms with Crippen LogP contribution < -0.4 is 9.62 Å². The van der Waals surface area contributed by atoms with Crippen LogP contribution in [-0.4, -0.2) is 32.0 Å². The molecule has 0 saturated heterocycles. The van der Waals surface area contributed by atoms with Gasteiger partial charge in [0.05, 0.1) is 22.9 Å². The van der Waals surface area contributed by atoms with Crippen molar-refractivity contribution < 1.29 is 18.1 Å². The zero-order chi connectivity index (χ0) is 22.6. The van der Waals surface area contributed by atoms with Crippen LogP contribution in [0.2, 0.25) is 0 Å². The molecule has 0 saturated carbocycles. The highest BCUT2D eigenvalue weighted by Crippen LogP contribution is 2.30. The van der Waals surface area contributed by atoms with E-state index < -0.39 is 14.9 Å². The molecule has 1 aliphatic carbocycles. The van der Waals surface area contributed by atoms with Crippen molar-refractivity contribution in [1.29, 1.82) is 0 Å². The van der Waals surface area contributed by atoms with E-state index >= 15 is 0 Å². The first-order valence-electron chi connectivity index (χ1n) is 10.3. The summed E-state index contributed by atoms with van der Waals surface area (Å²) in [5.41, 5.74) is 3.09. The van der Waals surface area contributed by atoms with Crippen LogP contribution in [0.1, 0.15) is 48.4 Å². The fourth-order valence-electron chi connectivity index (χ4n) is 4.00. The number of fused-ring (bicyclic) bond motifs is 1. The first-order chi connectivity index (χ1) is 14.7. The Morgan fingerprint density at radius 1 is 1.26 bits per heavy atom. The molecule has 0 heterocycles. The lowest BCUT2D eigenvalue weighted by atomic mass is 9.87. The van der Waals surface area contributed by atoms with Crippen LogP contribution in [0.5, 0.6) is 0 Å². The van der Waals surface area contributed by atoms with E-state index in [1.807, 2.05) is 18.2 Å². The number of hydrogen-bond donors (Lipinski definition) is 1. The Kier molecular flexibility index (Phi) is 6.94. The number of amides is 1. The SMILES string of the molecule is Cc1ccc([N+](=O)[O-])cc1N(CCCC(=O)NC1CCCc2ccccc21)S(C)(=O)=O. The number of benzene rings is 2. The Hall–Kier alpha value is -2.94. The number of nitrogens with one attached hydrogen (secondary N) is 1. The molecule has 166 valence electrons. The second-order valence-corrected chi connectivity index (χ2v) is 9.78. The van der Waals surface area contributed by atoms with Gasteiger partial charge in [0.1, 0.15) is 0 Å². The fraction of sp³-hybridized carbons (Fsp3) is 0.409. The van der Waals surface area contributed by atoms with Crippen molar-refractivity contribution in [3.05, 3.63) is 69.3 Å². The predicted octanol–water partition coefficient (Wildman–Crippen LogP) is 3.64. The average molecular weight is 446 g/mol. The van der Waals surface area contributed by atoms with Gasteiger partial charge in [-0.15, -0.1) is 0 Å². The summed E-state index contributed by atoms with van der Waals surface area (Å²) in [6.45, 7) is 1.76. The van der Waals surface area contributed by atoms with Crippen molar-refractivity contribution in [2.45, 2.75) is 45.1 Å². The topological polar surface area (TPSA) is 110 Å². The van der Waals surface area contributed by atoms with Crippen molar-refractivity contribution in [3.8, 4) is 0 Å². The molecular weight excluding hydrogens is 418 g/mol. The standard InChI is InChI=1S/C22H27N3O5S/c1-16-12-13-18(25(27)28)15-21(16)24(31(2,29)30)14-6-11-22(26)23-20-10-5-8-17-7-3-4-9-19(17)20/h3-4,7,9,12-13,15,20H,5-6,8,10-11,14H2,1-2H3,(H,23,26). The number of rotatable bonds is 8. The number of nitro groups is 1. The van der Waals surface area contributed by atoms with Crippen LogP contribution in [-0.2, 0) is 21.2 Å². The summed E-state index contributed by atoms with van der Waals surface area (Å²) >= 11 is 0. The minimum Gasteiger partial charge on any atom is -0.349 e.